The van der Waals surface area contributed by atoms with Crippen LogP contribution in [0.5, 0.6) is 0 Å². The molecular formula is C27H28N2O5S. The van der Waals surface area contributed by atoms with Gasteiger partial charge in [-0.15, -0.1) is 0 Å². The molecule has 182 valence electrons. The van der Waals surface area contributed by atoms with Gasteiger partial charge < -0.3 is 10.1 Å². The highest BCUT2D eigenvalue weighted by molar-refractivity contribution is 7.88. The fraction of sp³-hybridized carbons (Fsp3) is 0.259. The van der Waals surface area contributed by atoms with Crippen molar-refractivity contribution in [3.63, 3.8) is 0 Å². The highest BCUT2D eigenvalue weighted by atomic mass is 32.2. The molecule has 0 aromatic heterocycles. The molecule has 1 aliphatic heterocycles. The summed E-state index contributed by atoms with van der Waals surface area (Å²) in [6.07, 6.45) is 0.144. The number of benzene rings is 3. The first-order valence-corrected chi connectivity index (χ1v) is 13.2. The second-order valence-electron chi connectivity index (χ2n) is 8.64. The SMILES string of the molecule is CC(OC(=O)C1Cc2ccccc2CN1S(C)(=O)=O)C(=O)NC(c1ccccc1)c1ccccc1. The van der Waals surface area contributed by atoms with Gasteiger partial charge in [0.15, 0.2) is 6.10 Å². The summed E-state index contributed by atoms with van der Waals surface area (Å²) in [5.41, 5.74) is 3.51. The average Bonchev–Trinajstić information content (AvgIpc) is 2.86. The molecule has 1 N–H and O–H groups in total. The van der Waals surface area contributed by atoms with Gasteiger partial charge in [-0.3, -0.25) is 9.59 Å². The molecular weight excluding hydrogens is 464 g/mol. The van der Waals surface area contributed by atoms with E-state index in [-0.39, 0.29) is 13.0 Å². The number of esters is 1. The second kappa shape index (κ2) is 10.4. The molecule has 1 aliphatic rings. The molecule has 7 nitrogen and oxygen atoms in total. The molecule has 1 amide bonds. The number of rotatable bonds is 7. The Hall–Kier alpha value is -3.49. The zero-order valence-corrected chi connectivity index (χ0v) is 20.4. The Balaban J connectivity index is 1.50. The van der Waals surface area contributed by atoms with Crippen LogP contribution in [0, 0.1) is 0 Å². The summed E-state index contributed by atoms with van der Waals surface area (Å²) >= 11 is 0. The fourth-order valence-corrected chi connectivity index (χ4v) is 5.26. The van der Waals surface area contributed by atoms with Gasteiger partial charge in [0.25, 0.3) is 5.91 Å². The van der Waals surface area contributed by atoms with Gasteiger partial charge in [-0.1, -0.05) is 84.9 Å². The predicted molar refractivity (Wildman–Crippen MR) is 133 cm³/mol. The van der Waals surface area contributed by atoms with Crippen molar-refractivity contribution >= 4 is 21.9 Å². The van der Waals surface area contributed by atoms with Crippen LogP contribution < -0.4 is 5.32 Å². The number of carbonyl (C=O) groups is 2. The standard InChI is InChI=1S/C27H28N2O5S/c1-19(26(30)28-25(20-11-5-3-6-12-20)21-13-7-4-8-14-21)34-27(31)24-17-22-15-9-10-16-23(22)18-29(24)35(2,32)33/h3-16,19,24-25H,17-18H2,1-2H3,(H,28,30). The number of sulfonamides is 1. The van der Waals surface area contributed by atoms with Gasteiger partial charge in [0.05, 0.1) is 12.3 Å². The van der Waals surface area contributed by atoms with E-state index in [1.165, 1.54) is 6.92 Å². The smallest absolute Gasteiger partial charge is 0.325 e. The van der Waals surface area contributed by atoms with Gasteiger partial charge >= 0.3 is 5.97 Å². The molecule has 0 spiro atoms. The first kappa shape index (κ1) is 24.6. The van der Waals surface area contributed by atoms with E-state index < -0.39 is 40.1 Å². The third kappa shape index (κ3) is 5.78. The number of carbonyl (C=O) groups excluding carboxylic acids is 2. The van der Waals surface area contributed by atoms with E-state index in [1.807, 2.05) is 84.9 Å². The summed E-state index contributed by atoms with van der Waals surface area (Å²) in [4.78, 5) is 26.2. The van der Waals surface area contributed by atoms with Gasteiger partial charge in [0.1, 0.15) is 6.04 Å². The molecule has 0 saturated carbocycles. The van der Waals surface area contributed by atoms with E-state index in [0.29, 0.717) is 0 Å². The van der Waals surface area contributed by atoms with Crippen molar-refractivity contribution in [1.29, 1.82) is 0 Å². The van der Waals surface area contributed by atoms with Crippen LogP contribution in [0.1, 0.15) is 35.2 Å². The monoisotopic (exact) mass is 492 g/mol. The van der Waals surface area contributed by atoms with E-state index in [2.05, 4.69) is 5.32 Å². The summed E-state index contributed by atoms with van der Waals surface area (Å²) in [6, 6.07) is 24.9. The normalized spacial score (nSPS) is 16.8. The average molecular weight is 493 g/mol. The van der Waals surface area contributed by atoms with Gasteiger partial charge in [-0.2, -0.15) is 4.31 Å². The highest BCUT2D eigenvalue weighted by Crippen LogP contribution is 2.27. The van der Waals surface area contributed by atoms with Crippen molar-refractivity contribution in [1.82, 2.24) is 9.62 Å². The van der Waals surface area contributed by atoms with E-state index in [9.17, 15) is 18.0 Å². The Kier molecular flexibility index (Phi) is 7.33. The molecule has 35 heavy (non-hydrogen) atoms. The van der Waals surface area contributed by atoms with E-state index in [4.69, 9.17) is 4.74 Å². The van der Waals surface area contributed by atoms with E-state index >= 15 is 0 Å². The lowest BCUT2D eigenvalue weighted by molar-refractivity contribution is -0.159. The zero-order chi connectivity index (χ0) is 25.0. The molecule has 0 bridgehead atoms. The Labute approximate surface area is 205 Å². The lowest BCUT2D eigenvalue weighted by atomic mass is 9.96. The van der Waals surface area contributed by atoms with Gasteiger partial charge in [-0.25, -0.2) is 8.42 Å². The molecule has 3 aromatic carbocycles. The molecule has 8 heteroatoms. The van der Waals surface area contributed by atoms with Crippen LogP contribution in [0.2, 0.25) is 0 Å². The van der Waals surface area contributed by atoms with Crippen LogP contribution in [0.4, 0.5) is 0 Å². The lowest BCUT2D eigenvalue weighted by Crippen LogP contribution is -2.50. The maximum absolute atomic E-state index is 13.1. The minimum absolute atomic E-state index is 0.0828. The third-order valence-electron chi connectivity index (χ3n) is 6.12. The van der Waals surface area contributed by atoms with Crippen LogP contribution in [-0.2, 0) is 37.3 Å². The molecule has 4 rings (SSSR count). The van der Waals surface area contributed by atoms with Crippen molar-refractivity contribution in [3.8, 4) is 0 Å². The van der Waals surface area contributed by atoms with Crippen molar-refractivity contribution in [2.45, 2.75) is 38.1 Å². The summed E-state index contributed by atoms with van der Waals surface area (Å²) in [5.74, 6) is -1.22. The molecule has 1 heterocycles. The Morgan fingerprint density at radius 2 is 1.40 bits per heavy atom. The maximum atomic E-state index is 13.1. The largest absolute Gasteiger partial charge is 0.451 e. The van der Waals surface area contributed by atoms with Crippen LogP contribution in [0.15, 0.2) is 84.9 Å². The number of amides is 1. The van der Waals surface area contributed by atoms with Crippen LogP contribution in [-0.4, -0.2) is 43.0 Å². The topological polar surface area (TPSA) is 92.8 Å². The molecule has 0 saturated heterocycles. The zero-order valence-electron chi connectivity index (χ0n) is 19.6. The van der Waals surface area contributed by atoms with E-state index in [1.54, 1.807) is 0 Å². The van der Waals surface area contributed by atoms with Crippen molar-refractivity contribution in [2.24, 2.45) is 0 Å². The first-order chi connectivity index (χ1) is 16.7. The van der Waals surface area contributed by atoms with Gasteiger partial charge in [0.2, 0.25) is 10.0 Å². The van der Waals surface area contributed by atoms with Crippen LogP contribution in [0.3, 0.4) is 0 Å². The summed E-state index contributed by atoms with van der Waals surface area (Å²) in [7, 11) is -3.68. The summed E-state index contributed by atoms with van der Waals surface area (Å²) in [5, 5.41) is 2.97. The molecule has 0 aliphatic carbocycles. The Morgan fingerprint density at radius 1 is 0.886 bits per heavy atom. The van der Waals surface area contributed by atoms with Gasteiger partial charge in [0, 0.05) is 13.0 Å². The second-order valence-corrected chi connectivity index (χ2v) is 10.6. The molecule has 0 fully saturated rings. The number of hydrogen-bond acceptors (Lipinski definition) is 5. The Bertz CT molecular complexity index is 1260. The van der Waals surface area contributed by atoms with Gasteiger partial charge in [-0.05, 0) is 29.2 Å². The quantitative estimate of drug-likeness (QED) is 0.512. The van der Waals surface area contributed by atoms with Crippen LogP contribution >= 0.6 is 0 Å². The fourth-order valence-electron chi connectivity index (χ4n) is 4.26. The third-order valence-corrected chi connectivity index (χ3v) is 7.35. The number of nitrogens with one attached hydrogen (secondary N) is 1. The molecule has 3 aromatic rings. The van der Waals surface area contributed by atoms with Crippen LogP contribution in [0.25, 0.3) is 0 Å². The maximum Gasteiger partial charge on any atom is 0.325 e. The highest BCUT2D eigenvalue weighted by Gasteiger charge is 2.39. The van der Waals surface area contributed by atoms with Crippen molar-refractivity contribution in [2.75, 3.05) is 6.26 Å². The minimum Gasteiger partial charge on any atom is -0.451 e. The molecule has 0 radical (unpaired) electrons. The minimum atomic E-state index is -3.68. The number of nitrogens with zero attached hydrogens (tertiary/aromatic N) is 1. The molecule has 2 unspecified atom stereocenters. The Morgan fingerprint density at radius 3 is 1.94 bits per heavy atom. The number of ether oxygens (including phenoxy) is 1. The lowest BCUT2D eigenvalue weighted by Gasteiger charge is -2.34. The van der Waals surface area contributed by atoms with Crippen molar-refractivity contribution < 1.29 is 22.7 Å². The predicted octanol–water partition coefficient (Wildman–Crippen LogP) is 3.21. The van der Waals surface area contributed by atoms with Crippen molar-refractivity contribution in [3.05, 3.63) is 107 Å². The first-order valence-electron chi connectivity index (χ1n) is 11.4. The number of fused-ring (bicyclic) bond motifs is 1. The summed E-state index contributed by atoms with van der Waals surface area (Å²) < 4.78 is 31.5. The number of hydrogen-bond donors (Lipinski definition) is 1. The van der Waals surface area contributed by atoms with E-state index in [0.717, 1.165) is 32.8 Å². The summed E-state index contributed by atoms with van der Waals surface area (Å²) in [6.45, 7) is 1.57. The molecule has 2 atom stereocenters.